The first-order valence-electron chi connectivity index (χ1n) is 1.87. The van der Waals surface area contributed by atoms with Crippen molar-refractivity contribution in [1.82, 2.24) is 0 Å². The van der Waals surface area contributed by atoms with Gasteiger partial charge < -0.3 is 15.3 Å². The van der Waals surface area contributed by atoms with E-state index in [-0.39, 0.29) is 0 Å². The maximum absolute atomic E-state index is 9.61. The van der Waals surface area contributed by atoms with Gasteiger partial charge in [-0.2, -0.15) is 0 Å². The van der Waals surface area contributed by atoms with Gasteiger partial charge in [-0.25, -0.2) is 0 Å². The molecule has 0 bridgehead atoms. The van der Waals surface area contributed by atoms with E-state index >= 15 is 0 Å². The van der Waals surface area contributed by atoms with Crippen LogP contribution in [0.1, 0.15) is 6.42 Å². The monoisotopic (exact) mass is 116 g/mol. The minimum absolute atomic E-state index is 0.868. The van der Waals surface area contributed by atoms with E-state index in [9.17, 15) is 4.79 Å². The highest BCUT2D eigenvalue weighted by Crippen LogP contribution is 1.96. The van der Waals surface area contributed by atoms with Crippen LogP contribution < -0.4 is 0 Å². The second kappa shape index (κ2) is 2.15. The molecule has 0 aliphatic rings. The average molecular weight is 116 g/mol. The highest BCUT2D eigenvalue weighted by atomic mass is 16.5. The highest BCUT2D eigenvalue weighted by molar-refractivity contribution is 6.14. The smallest absolute Gasteiger partial charge is 0.307 e. The van der Waals surface area contributed by atoms with Crippen LogP contribution >= 0.6 is 0 Å². The van der Waals surface area contributed by atoms with Crippen molar-refractivity contribution >= 4 is 13.8 Å². The predicted molar refractivity (Wildman–Crippen MR) is 25.2 cm³/mol. The second-order valence-corrected chi connectivity index (χ2v) is 1.45. The first-order valence-corrected chi connectivity index (χ1v) is 1.87. The molecule has 0 saturated carbocycles. The Kier molecular flexibility index (Phi) is 2.00. The lowest BCUT2D eigenvalue weighted by Crippen LogP contribution is -2.31. The molecule has 3 N–H and O–H groups in total. The van der Waals surface area contributed by atoms with Crippen LogP contribution in [0.2, 0.25) is 0 Å². The largest absolute Gasteiger partial charge is 0.481 e. The Morgan fingerprint density at radius 3 is 2.00 bits per heavy atom. The SMILES string of the molecule is [B]C(O)(O)CC(=O)O. The fourth-order valence-electron chi connectivity index (χ4n) is 0.223. The average Bonchev–Trinajstić information content (AvgIpc) is 1.21. The number of aliphatic carboxylic acids is 1. The summed E-state index contributed by atoms with van der Waals surface area (Å²) < 4.78 is 0. The molecule has 0 atom stereocenters. The number of aliphatic hydroxyl groups is 2. The Hall–Kier alpha value is -0.545. The molecule has 5 heteroatoms. The molecule has 44 valence electrons. The molecule has 0 rings (SSSR count). The summed E-state index contributed by atoms with van der Waals surface area (Å²) in [6.45, 7) is 0. The second-order valence-electron chi connectivity index (χ2n) is 1.45. The van der Waals surface area contributed by atoms with Gasteiger partial charge in [0.15, 0.2) is 7.85 Å². The van der Waals surface area contributed by atoms with Gasteiger partial charge in [0.2, 0.25) is 0 Å². The third kappa shape index (κ3) is 5.45. The third-order valence-electron chi connectivity index (χ3n) is 0.411. The van der Waals surface area contributed by atoms with Gasteiger partial charge in [0.05, 0.1) is 6.42 Å². The number of carboxylic acids is 1. The van der Waals surface area contributed by atoms with Crippen molar-refractivity contribution in [3.63, 3.8) is 0 Å². The van der Waals surface area contributed by atoms with Gasteiger partial charge in [-0.05, 0) is 0 Å². The molecule has 0 unspecified atom stereocenters. The van der Waals surface area contributed by atoms with Gasteiger partial charge in [0, 0.05) is 0 Å². The van der Waals surface area contributed by atoms with E-state index in [0.29, 0.717) is 0 Å². The quantitative estimate of drug-likeness (QED) is 0.296. The van der Waals surface area contributed by atoms with Crippen LogP contribution in [0.4, 0.5) is 0 Å². The van der Waals surface area contributed by atoms with Crippen molar-refractivity contribution in [2.45, 2.75) is 12.1 Å². The summed E-state index contributed by atoms with van der Waals surface area (Å²) in [5.41, 5.74) is -2.58. The summed E-state index contributed by atoms with van der Waals surface area (Å²) in [5, 5.41) is 24.1. The molecule has 0 aromatic heterocycles. The Labute approximate surface area is 47.2 Å². The van der Waals surface area contributed by atoms with Gasteiger partial charge in [-0.1, -0.05) is 0 Å². The van der Waals surface area contributed by atoms with E-state index in [2.05, 4.69) is 7.85 Å². The van der Waals surface area contributed by atoms with Gasteiger partial charge >= 0.3 is 5.97 Å². The van der Waals surface area contributed by atoms with Crippen LogP contribution in [-0.2, 0) is 4.79 Å². The Balaban J connectivity index is 3.55. The van der Waals surface area contributed by atoms with Crippen molar-refractivity contribution in [3.05, 3.63) is 0 Å². The molecule has 0 aliphatic heterocycles. The molecule has 0 aromatic carbocycles. The molecule has 2 radical (unpaired) electrons. The minimum atomic E-state index is -2.58. The van der Waals surface area contributed by atoms with Crippen molar-refractivity contribution in [2.75, 3.05) is 0 Å². The topological polar surface area (TPSA) is 77.8 Å². The van der Waals surface area contributed by atoms with Crippen LogP contribution in [0, 0.1) is 0 Å². The van der Waals surface area contributed by atoms with E-state index in [4.69, 9.17) is 15.3 Å². The maximum atomic E-state index is 9.61. The molecule has 0 heterocycles. The first kappa shape index (κ1) is 7.45. The maximum Gasteiger partial charge on any atom is 0.307 e. The van der Waals surface area contributed by atoms with E-state index in [1.807, 2.05) is 0 Å². The van der Waals surface area contributed by atoms with Crippen molar-refractivity contribution < 1.29 is 20.1 Å². The van der Waals surface area contributed by atoms with Crippen molar-refractivity contribution in [3.8, 4) is 0 Å². The Morgan fingerprint density at radius 2 is 2.00 bits per heavy atom. The predicted octanol–water partition coefficient (Wildman–Crippen LogP) is -1.73. The zero-order valence-electron chi connectivity index (χ0n) is 4.03. The molecule has 0 aromatic rings. The summed E-state index contributed by atoms with van der Waals surface area (Å²) in [6.07, 6.45) is -0.868. The fourth-order valence-corrected chi connectivity index (χ4v) is 0.223. The molecule has 8 heavy (non-hydrogen) atoms. The van der Waals surface area contributed by atoms with Crippen LogP contribution in [0.25, 0.3) is 0 Å². The van der Waals surface area contributed by atoms with E-state index in [1.165, 1.54) is 0 Å². The van der Waals surface area contributed by atoms with Crippen molar-refractivity contribution in [2.24, 2.45) is 0 Å². The first-order chi connectivity index (χ1) is 3.42. The van der Waals surface area contributed by atoms with Crippen LogP contribution in [0.3, 0.4) is 0 Å². The molecule has 0 amide bonds. The van der Waals surface area contributed by atoms with E-state index in [1.54, 1.807) is 0 Å². The number of rotatable bonds is 2. The molecule has 0 saturated heterocycles. The van der Waals surface area contributed by atoms with Gasteiger partial charge in [0.25, 0.3) is 0 Å². The molecular weight excluding hydrogens is 111 g/mol. The summed E-state index contributed by atoms with van der Waals surface area (Å²) in [6, 6.07) is 0. The highest BCUT2D eigenvalue weighted by Gasteiger charge is 2.18. The molecule has 0 aliphatic carbocycles. The fraction of sp³-hybridized carbons (Fsp3) is 0.667. The van der Waals surface area contributed by atoms with E-state index in [0.717, 1.165) is 0 Å². The summed E-state index contributed by atoms with van der Waals surface area (Å²) in [7, 11) is 4.47. The normalized spacial score (nSPS) is 11.2. The Bertz CT molecular complexity index is 93.9. The van der Waals surface area contributed by atoms with Gasteiger partial charge in [-0.3, -0.25) is 4.79 Å². The zero-order valence-corrected chi connectivity index (χ0v) is 4.03. The Morgan fingerprint density at radius 1 is 1.62 bits per heavy atom. The summed E-state index contributed by atoms with van der Waals surface area (Å²) in [4.78, 5) is 9.61. The number of carbonyl (C=O) groups is 1. The standard InChI is InChI=1S/C3H5BO4/c4-3(7,8)1-2(5)6/h7-8H,1H2,(H,5,6). The number of hydrogen-bond donors (Lipinski definition) is 3. The summed E-state index contributed by atoms with van der Waals surface area (Å²) in [5.74, 6) is -1.35. The lowest BCUT2D eigenvalue weighted by Gasteiger charge is -2.11. The lowest BCUT2D eigenvalue weighted by atomic mass is 9.92. The van der Waals surface area contributed by atoms with Crippen molar-refractivity contribution in [1.29, 1.82) is 0 Å². The number of carboxylic acid groups (broad SMARTS) is 1. The lowest BCUT2D eigenvalue weighted by molar-refractivity contribution is -0.151. The zero-order chi connectivity index (χ0) is 6.78. The molecular formula is C3H5BO4. The number of hydrogen-bond acceptors (Lipinski definition) is 3. The third-order valence-corrected chi connectivity index (χ3v) is 0.411. The molecule has 0 fully saturated rings. The molecule has 4 nitrogen and oxygen atoms in total. The minimum Gasteiger partial charge on any atom is -0.481 e. The van der Waals surface area contributed by atoms with Crippen LogP contribution in [0.15, 0.2) is 0 Å². The van der Waals surface area contributed by atoms with Gasteiger partial charge in [0.1, 0.15) is 5.69 Å². The van der Waals surface area contributed by atoms with Crippen LogP contribution in [0.5, 0.6) is 0 Å². The molecule has 0 spiro atoms. The van der Waals surface area contributed by atoms with E-state index < -0.39 is 18.1 Å². The van der Waals surface area contributed by atoms with Crippen LogP contribution in [-0.4, -0.2) is 34.8 Å². The van der Waals surface area contributed by atoms with Gasteiger partial charge in [-0.15, -0.1) is 0 Å². The summed E-state index contributed by atoms with van der Waals surface area (Å²) >= 11 is 0.